The fourth-order valence-corrected chi connectivity index (χ4v) is 2.85. The maximum Gasteiger partial charge on any atom is 0.251 e. The first-order chi connectivity index (χ1) is 10.5. The summed E-state index contributed by atoms with van der Waals surface area (Å²) < 4.78 is 0. The Morgan fingerprint density at radius 1 is 1.36 bits per heavy atom. The molecule has 2 N–H and O–H groups in total. The van der Waals surface area contributed by atoms with Crippen molar-refractivity contribution in [2.24, 2.45) is 0 Å². The molecule has 1 aromatic rings. The van der Waals surface area contributed by atoms with Crippen LogP contribution in [0.4, 0.5) is 0 Å². The molecule has 1 heterocycles. The van der Waals surface area contributed by atoms with Gasteiger partial charge in [0.05, 0.1) is 0 Å². The van der Waals surface area contributed by atoms with E-state index >= 15 is 0 Å². The number of likely N-dealkylation sites (tertiary alicyclic amines) is 1. The Bertz CT molecular complexity index is 537. The Kier molecular flexibility index (Phi) is 5.41. The molecular weight excluding hydrogens is 280 g/mol. The number of nitrogens with one attached hydrogen (secondary N) is 1. The number of phenols is 1. The van der Waals surface area contributed by atoms with Crippen molar-refractivity contribution in [3.05, 3.63) is 29.3 Å². The molecule has 1 atom stereocenters. The Balaban J connectivity index is 1.98. The Hall–Kier alpha value is -2.04. The standard InChI is InChI=1S/C17H24N2O3/c1-3-7-19-8-6-14(4-5-16(19)21)18-17(22)13-9-12(2)10-15(20)11-13/h9-11,14,20H,3-8H2,1-2H3,(H,18,22). The highest BCUT2D eigenvalue weighted by Gasteiger charge is 2.23. The van der Waals surface area contributed by atoms with E-state index in [1.165, 1.54) is 6.07 Å². The molecule has 2 rings (SSSR count). The van der Waals surface area contributed by atoms with Gasteiger partial charge in [0.15, 0.2) is 0 Å². The highest BCUT2D eigenvalue weighted by Crippen LogP contribution is 2.17. The van der Waals surface area contributed by atoms with Gasteiger partial charge in [-0.1, -0.05) is 6.92 Å². The maximum atomic E-state index is 12.3. The minimum Gasteiger partial charge on any atom is -0.508 e. The number of hydrogen-bond donors (Lipinski definition) is 2. The van der Waals surface area contributed by atoms with Crippen LogP contribution in [0.5, 0.6) is 5.75 Å². The van der Waals surface area contributed by atoms with Crippen LogP contribution in [0.1, 0.15) is 48.5 Å². The van der Waals surface area contributed by atoms with Crippen LogP contribution in [0, 0.1) is 6.92 Å². The smallest absolute Gasteiger partial charge is 0.251 e. The summed E-state index contributed by atoms with van der Waals surface area (Å²) in [6.45, 7) is 5.37. The molecule has 0 saturated carbocycles. The average molecular weight is 304 g/mol. The van der Waals surface area contributed by atoms with Crippen LogP contribution >= 0.6 is 0 Å². The second kappa shape index (κ2) is 7.29. The zero-order valence-electron chi connectivity index (χ0n) is 13.3. The number of aryl methyl sites for hydroxylation is 1. The Morgan fingerprint density at radius 2 is 2.14 bits per heavy atom. The molecule has 22 heavy (non-hydrogen) atoms. The van der Waals surface area contributed by atoms with E-state index in [9.17, 15) is 14.7 Å². The van der Waals surface area contributed by atoms with E-state index in [2.05, 4.69) is 12.2 Å². The van der Waals surface area contributed by atoms with E-state index in [1.807, 2.05) is 11.8 Å². The number of carbonyl (C=O) groups excluding carboxylic acids is 2. The SMILES string of the molecule is CCCN1CCC(NC(=O)c2cc(C)cc(O)c2)CCC1=O. The summed E-state index contributed by atoms with van der Waals surface area (Å²) in [6, 6.07) is 4.83. The molecule has 0 spiro atoms. The summed E-state index contributed by atoms with van der Waals surface area (Å²) in [4.78, 5) is 26.2. The zero-order valence-corrected chi connectivity index (χ0v) is 13.3. The highest BCUT2D eigenvalue weighted by molar-refractivity contribution is 5.95. The molecule has 1 saturated heterocycles. The van der Waals surface area contributed by atoms with Crippen LogP contribution in [-0.2, 0) is 4.79 Å². The predicted octanol–water partition coefficient (Wildman–Crippen LogP) is 2.22. The molecule has 5 heteroatoms. The fraction of sp³-hybridized carbons (Fsp3) is 0.529. The molecule has 1 aliphatic heterocycles. The molecule has 5 nitrogen and oxygen atoms in total. The summed E-state index contributed by atoms with van der Waals surface area (Å²) in [5.74, 6) is 0.0718. The van der Waals surface area contributed by atoms with Gasteiger partial charge in [-0.3, -0.25) is 9.59 Å². The summed E-state index contributed by atoms with van der Waals surface area (Å²) in [5, 5.41) is 12.6. The second-order valence-corrected chi connectivity index (χ2v) is 5.94. The first-order valence-electron chi connectivity index (χ1n) is 7.89. The normalized spacial score (nSPS) is 18.9. The van der Waals surface area contributed by atoms with E-state index in [4.69, 9.17) is 0 Å². The molecule has 0 aliphatic carbocycles. The van der Waals surface area contributed by atoms with E-state index in [0.29, 0.717) is 24.9 Å². The van der Waals surface area contributed by atoms with Gasteiger partial charge in [0.2, 0.25) is 5.91 Å². The van der Waals surface area contributed by atoms with E-state index in [0.717, 1.165) is 24.9 Å². The summed E-state index contributed by atoms with van der Waals surface area (Å²) in [5.41, 5.74) is 1.30. The lowest BCUT2D eigenvalue weighted by atomic mass is 10.1. The number of phenolic OH excluding ortho intramolecular Hbond substituents is 1. The van der Waals surface area contributed by atoms with Gasteiger partial charge < -0.3 is 15.3 Å². The van der Waals surface area contributed by atoms with Gasteiger partial charge in [-0.25, -0.2) is 0 Å². The van der Waals surface area contributed by atoms with Crippen LogP contribution in [0.15, 0.2) is 18.2 Å². The molecule has 1 fully saturated rings. The Labute approximate surface area is 131 Å². The quantitative estimate of drug-likeness (QED) is 0.896. The van der Waals surface area contributed by atoms with E-state index in [1.54, 1.807) is 12.1 Å². The number of rotatable bonds is 4. The molecular formula is C17H24N2O3. The number of aromatic hydroxyl groups is 1. The van der Waals surface area contributed by atoms with Crippen molar-refractivity contribution < 1.29 is 14.7 Å². The molecule has 1 aromatic carbocycles. The predicted molar refractivity (Wildman–Crippen MR) is 84.8 cm³/mol. The zero-order chi connectivity index (χ0) is 16.1. The van der Waals surface area contributed by atoms with Crippen molar-refractivity contribution >= 4 is 11.8 Å². The first-order valence-corrected chi connectivity index (χ1v) is 7.89. The lowest BCUT2D eigenvalue weighted by molar-refractivity contribution is -0.130. The first kappa shape index (κ1) is 16.3. The van der Waals surface area contributed by atoms with Crippen molar-refractivity contribution in [2.75, 3.05) is 13.1 Å². The molecule has 1 aliphatic rings. The van der Waals surface area contributed by atoms with Gasteiger partial charge in [0.25, 0.3) is 5.91 Å². The van der Waals surface area contributed by atoms with Crippen LogP contribution in [0.25, 0.3) is 0 Å². The molecule has 0 radical (unpaired) electrons. The van der Waals surface area contributed by atoms with Crippen LogP contribution in [0.3, 0.4) is 0 Å². The lowest BCUT2D eigenvalue weighted by Gasteiger charge is -2.20. The van der Waals surface area contributed by atoms with Gasteiger partial charge in [0.1, 0.15) is 5.75 Å². The monoisotopic (exact) mass is 304 g/mol. The number of benzene rings is 1. The maximum absolute atomic E-state index is 12.3. The van der Waals surface area contributed by atoms with Crippen LogP contribution in [-0.4, -0.2) is 41.0 Å². The minimum atomic E-state index is -0.194. The third kappa shape index (κ3) is 4.23. The molecule has 1 unspecified atom stereocenters. The van der Waals surface area contributed by atoms with Crippen molar-refractivity contribution in [2.45, 2.75) is 45.6 Å². The number of carbonyl (C=O) groups is 2. The van der Waals surface area contributed by atoms with Gasteiger partial charge in [0, 0.05) is 31.1 Å². The third-order valence-electron chi connectivity index (χ3n) is 3.96. The minimum absolute atomic E-state index is 0.000890. The molecule has 0 aromatic heterocycles. The van der Waals surface area contributed by atoms with Gasteiger partial charge in [-0.05, 0) is 49.9 Å². The number of nitrogens with zero attached hydrogens (tertiary/aromatic N) is 1. The summed E-state index contributed by atoms with van der Waals surface area (Å²) in [7, 11) is 0. The van der Waals surface area contributed by atoms with Crippen molar-refractivity contribution in [3.8, 4) is 5.75 Å². The third-order valence-corrected chi connectivity index (χ3v) is 3.96. The molecule has 2 amide bonds. The molecule has 0 bridgehead atoms. The summed E-state index contributed by atoms with van der Waals surface area (Å²) >= 11 is 0. The average Bonchev–Trinajstić information content (AvgIpc) is 2.62. The van der Waals surface area contributed by atoms with Crippen LogP contribution in [0.2, 0.25) is 0 Å². The van der Waals surface area contributed by atoms with Crippen LogP contribution < -0.4 is 5.32 Å². The topological polar surface area (TPSA) is 69.6 Å². The Morgan fingerprint density at radius 3 is 2.82 bits per heavy atom. The molecule has 120 valence electrons. The highest BCUT2D eigenvalue weighted by atomic mass is 16.3. The van der Waals surface area contributed by atoms with Crippen molar-refractivity contribution in [1.29, 1.82) is 0 Å². The van der Waals surface area contributed by atoms with E-state index in [-0.39, 0.29) is 23.6 Å². The summed E-state index contributed by atoms with van der Waals surface area (Å²) in [6.07, 6.45) is 2.87. The number of amides is 2. The van der Waals surface area contributed by atoms with Gasteiger partial charge >= 0.3 is 0 Å². The van der Waals surface area contributed by atoms with Crippen molar-refractivity contribution in [3.63, 3.8) is 0 Å². The largest absolute Gasteiger partial charge is 0.508 e. The fourth-order valence-electron chi connectivity index (χ4n) is 2.85. The van der Waals surface area contributed by atoms with E-state index < -0.39 is 0 Å². The number of hydrogen-bond acceptors (Lipinski definition) is 3. The second-order valence-electron chi connectivity index (χ2n) is 5.94. The van der Waals surface area contributed by atoms with Gasteiger partial charge in [-0.2, -0.15) is 0 Å². The van der Waals surface area contributed by atoms with Gasteiger partial charge in [-0.15, -0.1) is 0 Å². The van der Waals surface area contributed by atoms with Crippen molar-refractivity contribution in [1.82, 2.24) is 10.2 Å². The lowest BCUT2D eigenvalue weighted by Crippen LogP contribution is -2.36.